The molecule has 25 heavy (non-hydrogen) atoms. The molecular formula is C17H18N2O5S. The van der Waals surface area contributed by atoms with Crippen molar-refractivity contribution >= 4 is 15.7 Å². The van der Waals surface area contributed by atoms with Crippen LogP contribution in [0.5, 0.6) is 0 Å². The molecule has 0 aliphatic carbocycles. The average Bonchev–Trinajstić information content (AvgIpc) is 3.17. The summed E-state index contributed by atoms with van der Waals surface area (Å²) in [5, 5.41) is 3.97. The summed E-state index contributed by atoms with van der Waals surface area (Å²) < 4.78 is 34.5. The lowest BCUT2D eigenvalue weighted by atomic mass is 10.1. The third-order valence-corrected chi connectivity index (χ3v) is 6.29. The predicted octanol–water partition coefficient (Wildman–Crippen LogP) is 0.908. The zero-order chi connectivity index (χ0) is 17.4. The molecule has 2 aromatic rings. The molecule has 8 heteroatoms. The number of aromatic nitrogens is 1. The Bertz CT molecular complexity index is 877. The smallest absolute Gasteiger partial charge is 0.229 e. The molecule has 2 unspecified atom stereocenters. The molecule has 0 N–H and O–H groups in total. The van der Waals surface area contributed by atoms with E-state index in [4.69, 9.17) is 9.26 Å². The van der Waals surface area contributed by atoms with Crippen LogP contribution in [0.15, 0.2) is 40.9 Å². The van der Waals surface area contributed by atoms with Gasteiger partial charge in [-0.05, 0) is 0 Å². The second kappa shape index (κ2) is 6.27. The number of amides is 1. The van der Waals surface area contributed by atoms with Crippen LogP contribution in [0, 0.1) is 0 Å². The maximum atomic E-state index is 12.7. The molecule has 2 saturated heterocycles. The first kappa shape index (κ1) is 16.3. The van der Waals surface area contributed by atoms with Crippen LogP contribution in [0.3, 0.4) is 0 Å². The van der Waals surface area contributed by atoms with Crippen molar-refractivity contribution in [2.45, 2.75) is 18.6 Å². The van der Waals surface area contributed by atoms with E-state index in [-0.39, 0.29) is 23.8 Å². The van der Waals surface area contributed by atoms with Crippen molar-refractivity contribution in [3.05, 3.63) is 42.1 Å². The van der Waals surface area contributed by atoms with E-state index < -0.39 is 22.0 Å². The van der Waals surface area contributed by atoms with Crippen molar-refractivity contribution in [2.24, 2.45) is 0 Å². The Hall–Kier alpha value is -2.19. The Kier molecular flexibility index (Phi) is 4.09. The molecular weight excluding hydrogens is 344 g/mol. The van der Waals surface area contributed by atoms with Gasteiger partial charge in [0.15, 0.2) is 15.6 Å². The Labute approximate surface area is 145 Å². The quantitative estimate of drug-likeness (QED) is 0.806. The van der Waals surface area contributed by atoms with Crippen LogP contribution in [0.25, 0.3) is 11.3 Å². The van der Waals surface area contributed by atoms with Gasteiger partial charge in [0.25, 0.3) is 0 Å². The summed E-state index contributed by atoms with van der Waals surface area (Å²) in [6, 6.07) is 10.9. The van der Waals surface area contributed by atoms with E-state index >= 15 is 0 Å². The number of ether oxygens (including phenoxy) is 1. The molecule has 0 bridgehead atoms. The second-order valence-electron chi connectivity index (χ2n) is 6.37. The van der Waals surface area contributed by atoms with Crippen molar-refractivity contribution in [3.8, 4) is 11.3 Å². The van der Waals surface area contributed by atoms with Gasteiger partial charge in [-0.3, -0.25) is 4.79 Å². The summed E-state index contributed by atoms with van der Waals surface area (Å²) >= 11 is 0. The number of morpholine rings is 1. The summed E-state index contributed by atoms with van der Waals surface area (Å²) in [5.41, 5.74) is 1.43. The third-order valence-electron chi connectivity index (χ3n) is 4.61. The zero-order valence-electron chi connectivity index (χ0n) is 13.5. The standard InChI is InChI=1S/C17H18N2O5S/c20-17(19-6-7-23-16-11-25(21,22)10-14(16)19)9-13-8-15(24-18-13)12-4-2-1-3-5-12/h1-5,8,14,16H,6-7,9-11H2. The zero-order valence-corrected chi connectivity index (χ0v) is 14.3. The number of benzene rings is 1. The molecule has 2 atom stereocenters. The van der Waals surface area contributed by atoms with Crippen LogP contribution in [0.2, 0.25) is 0 Å². The largest absolute Gasteiger partial charge is 0.373 e. The molecule has 3 heterocycles. The topological polar surface area (TPSA) is 89.7 Å². The van der Waals surface area contributed by atoms with E-state index in [0.29, 0.717) is 24.6 Å². The molecule has 132 valence electrons. The SMILES string of the molecule is O=C(Cc1cc(-c2ccccc2)on1)N1CCOC2CS(=O)(=O)CC21. The molecule has 7 nitrogen and oxygen atoms in total. The van der Waals surface area contributed by atoms with Crippen molar-refractivity contribution in [1.29, 1.82) is 0 Å². The highest BCUT2D eigenvalue weighted by Crippen LogP contribution is 2.26. The van der Waals surface area contributed by atoms with Gasteiger partial charge in [0.1, 0.15) is 0 Å². The third kappa shape index (κ3) is 3.32. The van der Waals surface area contributed by atoms with E-state index in [1.54, 1.807) is 11.0 Å². The fraction of sp³-hybridized carbons (Fsp3) is 0.412. The fourth-order valence-corrected chi connectivity index (χ4v) is 5.28. The fourth-order valence-electron chi connectivity index (χ4n) is 3.41. The van der Waals surface area contributed by atoms with Crippen LogP contribution in [-0.2, 0) is 25.8 Å². The normalized spacial score (nSPS) is 24.9. The summed E-state index contributed by atoms with van der Waals surface area (Å²) in [5.74, 6) is 0.413. The lowest BCUT2D eigenvalue weighted by Gasteiger charge is -2.36. The molecule has 2 aliphatic rings. The van der Waals surface area contributed by atoms with E-state index in [1.807, 2.05) is 30.3 Å². The first-order chi connectivity index (χ1) is 12.0. The van der Waals surface area contributed by atoms with Crippen LogP contribution in [0.1, 0.15) is 5.69 Å². The van der Waals surface area contributed by atoms with E-state index in [9.17, 15) is 13.2 Å². The minimum absolute atomic E-state index is 0.0104. The molecule has 1 amide bonds. The van der Waals surface area contributed by atoms with Gasteiger partial charge < -0.3 is 14.2 Å². The number of carbonyl (C=O) groups is 1. The van der Waals surface area contributed by atoms with Crippen LogP contribution in [-0.4, -0.2) is 61.2 Å². The lowest BCUT2D eigenvalue weighted by Crippen LogP contribution is -2.53. The summed E-state index contributed by atoms with van der Waals surface area (Å²) in [6.07, 6.45) is -0.334. The van der Waals surface area contributed by atoms with Crippen molar-refractivity contribution < 1.29 is 22.5 Å². The molecule has 0 saturated carbocycles. The maximum absolute atomic E-state index is 12.7. The Morgan fingerprint density at radius 3 is 2.84 bits per heavy atom. The molecule has 1 aromatic heterocycles. The average molecular weight is 362 g/mol. The van der Waals surface area contributed by atoms with E-state index in [2.05, 4.69) is 5.16 Å². The molecule has 0 radical (unpaired) electrons. The number of hydrogen-bond donors (Lipinski definition) is 0. The number of nitrogens with zero attached hydrogens (tertiary/aromatic N) is 2. The minimum Gasteiger partial charge on any atom is -0.373 e. The van der Waals surface area contributed by atoms with Crippen LogP contribution in [0.4, 0.5) is 0 Å². The molecule has 2 fully saturated rings. The van der Waals surface area contributed by atoms with Gasteiger partial charge in [0.05, 0.1) is 42.4 Å². The molecule has 1 aromatic carbocycles. The number of rotatable bonds is 3. The van der Waals surface area contributed by atoms with Gasteiger partial charge in [-0.25, -0.2) is 8.42 Å². The second-order valence-corrected chi connectivity index (χ2v) is 8.52. The van der Waals surface area contributed by atoms with Gasteiger partial charge in [-0.1, -0.05) is 35.5 Å². The number of sulfone groups is 1. The first-order valence-electron chi connectivity index (χ1n) is 8.14. The van der Waals surface area contributed by atoms with Gasteiger partial charge >= 0.3 is 0 Å². The Balaban J connectivity index is 1.48. The molecule has 0 spiro atoms. The van der Waals surface area contributed by atoms with Crippen molar-refractivity contribution in [3.63, 3.8) is 0 Å². The predicted molar refractivity (Wildman–Crippen MR) is 89.5 cm³/mol. The van der Waals surface area contributed by atoms with E-state index in [0.717, 1.165) is 5.56 Å². The Morgan fingerprint density at radius 2 is 2.04 bits per heavy atom. The van der Waals surface area contributed by atoms with E-state index in [1.165, 1.54) is 0 Å². The van der Waals surface area contributed by atoms with Gasteiger partial charge in [-0.2, -0.15) is 0 Å². The minimum atomic E-state index is -3.15. The van der Waals surface area contributed by atoms with Crippen LogP contribution >= 0.6 is 0 Å². The highest BCUT2D eigenvalue weighted by Gasteiger charge is 2.45. The van der Waals surface area contributed by atoms with Crippen molar-refractivity contribution in [1.82, 2.24) is 10.1 Å². The molecule has 4 rings (SSSR count). The highest BCUT2D eigenvalue weighted by molar-refractivity contribution is 7.91. The summed E-state index contributed by atoms with van der Waals surface area (Å²) in [6.45, 7) is 0.759. The summed E-state index contributed by atoms with van der Waals surface area (Å²) in [4.78, 5) is 14.3. The number of fused-ring (bicyclic) bond motifs is 1. The Morgan fingerprint density at radius 1 is 1.24 bits per heavy atom. The molecule has 2 aliphatic heterocycles. The van der Waals surface area contributed by atoms with Gasteiger partial charge in [0.2, 0.25) is 5.91 Å². The monoisotopic (exact) mass is 362 g/mol. The summed E-state index contributed by atoms with van der Waals surface area (Å²) in [7, 11) is -3.15. The number of hydrogen-bond acceptors (Lipinski definition) is 6. The number of carbonyl (C=O) groups excluding carboxylic acids is 1. The lowest BCUT2D eigenvalue weighted by molar-refractivity contribution is -0.142. The van der Waals surface area contributed by atoms with Gasteiger partial charge in [-0.15, -0.1) is 0 Å². The first-order valence-corrected chi connectivity index (χ1v) is 9.96. The highest BCUT2D eigenvalue weighted by atomic mass is 32.2. The van der Waals surface area contributed by atoms with Gasteiger partial charge in [0, 0.05) is 18.2 Å². The maximum Gasteiger partial charge on any atom is 0.229 e. The van der Waals surface area contributed by atoms with Crippen molar-refractivity contribution in [2.75, 3.05) is 24.7 Å². The van der Waals surface area contributed by atoms with Crippen LogP contribution < -0.4 is 0 Å².